The van der Waals surface area contributed by atoms with E-state index in [4.69, 9.17) is 9.47 Å². The lowest BCUT2D eigenvalue weighted by atomic mass is 10.1. The van der Waals surface area contributed by atoms with Gasteiger partial charge in [0.2, 0.25) is 0 Å². The lowest BCUT2D eigenvalue weighted by molar-refractivity contribution is -0.144. The van der Waals surface area contributed by atoms with Gasteiger partial charge in [0.25, 0.3) is 0 Å². The number of alkyl halides is 2. The number of ether oxygens (including phenoxy) is 2. The second-order valence-corrected chi connectivity index (χ2v) is 9.78. The first kappa shape index (κ1) is 22.4. The highest BCUT2D eigenvalue weighted by Crippen LogP contribution is 2.09. The van der Waals surface area contributed by atoms with E-state index in [-0.39, 0.29) is 11.9 Å². The minimum Gasteiger partial charge on any atom is -0.466 e. The van der Waals surface area contributed by atoms with Gasteiger partial charge in [-0.15, -0.1) is 0 Å². The Morgan fingerprint density at radius 3 is 1.36 bits per heavy atom. The predicted molar refractivity (Wildman–Crippen MR) is 106 cm³/mol. The van der Waals surface area contributed by atoms with Crippen LogP contribution in [0.1, 0.15) is 65.2 Å². The fourth-order valence-corrected chi connectivity index (χ4v) is 2.58. The summed E-state index contributed by atoms with van der Waals surface area (Å²) < 4.78 is 11.0. The van der Waals surface area contributed by atoms with Crippen LogP contribution in [0.3, 0.4) is 0 Å². The molecule has 0 amide bonds. The molecule has 2 unspecified atom stereocenters. The van der Waals surface area contributed by atoms with Gasteiger partial charge < -0.3 is 9.47 Å². The second kappa shape index (κ2) is 15.0. The Morgan fingerprint density at radius 1 is 0.727 bits per heavy atom. The van der Waals surface area contributed by atoms with E-state index in [2.05, 4.69) is 45.2 Å². The van der Waals surface area contributed by atoms with Gasteiger partial charge in [-0.1, -0.05) is 84.7 Å². The Kier molecular flexibility index (Phi) is 15.2. The number of hydrogen-bond donors (Lipinski definition) is 0. The molecule has 2 atom stereocenters. The summed E-state index contributed by atoms with van der Waals surface area (Å²) in [6, 6.07) is 0. The van der Waals surface area contributed by atoms with Gasteiger partial charge in [0.1, 0.15) is 0 Å². The van der Waals surface area contributed by atoms with Crippen molar-refractivity contribution in [2.45, 2.75) is 73.1 Å². The van der Waals surface area contributed by atoms with Crippen LogP contribution in [0.15, 0.2) is 0 Å². The van der Waals surface area contributed by atoms with E-state index in [9.17, 15) is 9.59 Å². The van der Waals surface area contributed by atoms with Crippen LogP contribution in [0.25, 0.3) is 0 Å². The third kappa shape index (κ3) is 16.8. The summed E-state index contributed by atoms with van der Waals surface area (Å²) in [5.74, 6) is -0.186. The largest absolute Gasteiger partial charge is 0.466 e. The number of carbonyl (C=O) groups excluding carboxylic acids is 2. The van der Waals surface area contributed by atoms with Gasteiger partial charge in [-0.05, 0) is 12.8 Å². The van der Waals surface area contributed by atoms with Crippen LogP contribution in [0.4, 0.5) is 0 Å². The number of esters is 2. The van der Waals surface area contributed by atoms with Crippen LogP contribution in [0.2, 0.25) is 0 Å². The molecule has 0 saturated heterocycles. The average Bonchev–Trinajstić information content (AvgIpc) is 2.39. The highest BCUT2D eigenvalue weighted by atomic mass is 127. The maximum Gasteiger partial charge on any atom is 0.306 e. The zero-order valence-electron chi connectivity index (χ0n) is 13.6. The first-order valence-electron chi connectivity index (χ1n) is 8.01. The number of carbonyl (C=O) groups is 2. The highest BCUT2D eigenvalue weighted by molar-refractivity contribution is 14.1. The third-order valence-corrected chi connectivity index (χ3v) is 3.84. The molecule has 0 aromatic rings. The number of halogens is 2. The summed E-state index contributed by atoms with van der Waals surface area (Å²) in [7, 11) is 0. The molecule has 0 radical (unpaired) electrons. The molecule has 0 saturated carbocycles. The van der Waals surface area contributed by atoms with Crippen LogP contribution in [-0.4, -0.2) is 33.0 Å². The molecule has 6 heteroatoms. The van der Waals surface area contributed by atoms with Crippen molar-refractivity contribution in [3.63, 3.8) is 0 Å². The Bertz CT molecular complexity index is 277. The van der Waals surface area contributed by atoms with Gasteiger partial charge >= 0.3 is 11.9 Å². The zero-order valence-corrected chi connectivity index (χ0v) is 17.9. The summed E-state index contributed by atoms with van der Waals surface area (Å²) in [6.07, 6.45) is 7.30. The summed E-state index contributed by atoms with van der Waals surface area (Å²) in [5, 5.41) is 0. The molecule has 0 aliphatic carbocycles. The van der Waals surface area contributed by atoms with Gasteiger partial charge in [-0.25, -0.2) is 0 Å². The standard InChI is InChI=1S/C16H28I2O4/c1-13(17)11-15(19)21-9-7-5-3-4-6-8-10-22-16(20)12-14(2)18/h13-14H,3-12H2,1-2H3. The summed E-state index contributed by atoms with van der Waals surface area (Å²) in [6.45, 7) is 5.08. The molecule has 0 spiro atoms. The van der Waals surface area contributed by atoms with Crippen molar-refractivity contribution in [2.75, 3.05) is 13.2 Å². The van der Waals surface area contributed by atoms with Crippen LogP contribution in [0.5, 0.6) is 0 Å². The summed E-state index contributed by atoms with van der Waals surface area (Å²) in [5.41, 5.74) is 0. The second-order valence-electron chi connectivity index (χ2n) is 5.53. The van der Waals surface area contributed by atoms with E-state index >= 15 is 0 Å². The van der Waals surface area contributed by atoms with Crippen molar-refractivity contribution in [1.82, 2.24) is 0 Å². The van der Waals surface area contributed by atoms with Crippen molar-refractivity contribution >= 4 is 57.1 Å². The topological polar surface area (TPSA) is 52.6 Å². The molecule has 0 rings (SSSR count). The maximum absolute atomic E-state index is 11.3. The van der Waals surface area contributed by atoms with E-state index < -0.39 is 0 Å². The minimum absolute atomic E-state index is 0.0930. The van der Waals surface area contributed by atoms with Gasteiger partial charge in [0.05, 0.1) is 26.1 Å². The monoisotopic (exact) mass is 538 g/mol. The number of unbranched alkanes of at least 4 members (excludes halogenated alkanes) is 5. The Labute approximate surface area is 161 Å². The van der Waals surface area contributed by atoms with Crippen molar-refractivity contribution in [2.24, 2.45) is 0 Å². The minimum atomic E-state index is -0.0930. The molecule has 0 heterocycles. The molecule has 0 aliphatic rings. The van der Waals surface area contributed by atoms with Crippen LogP contribution in [0, 0.1) is 0 Å². The van der Waals surface area contributed by atoms with Crippen molar-refractivity contribution in [3.8, 4) is 0 Å². The maximum atomic E-state index is 11.3. The molecule has 0 bridgehead atoms. The molecule has 0 fully saturated rings. The SMILES string of the molecule is CC(I)CC(=O)OCCCCCCCCOC(=O)CC(C)I. The Morgan fingerprint density at radius 2 is 1.05 bits per heavy atom. The van der Waals surface area contributed by atoms with Crippen LogP contribution >= 0.6 is 45.2 Å². The molecule has 0 aromatic heterocycles. The lowest BCUT2D eigenvalue weighted by Gasteiger charge is -2.07. The summed E-state index contributed by atoms with van der Waals surface area (Å²) in [4.78, 5) is 22.6. The van der Waals surface area contributed by atoms with Crippen molar-refractivity contribution in [3.05, 3.63) is 0 Å². The predicted octanol–water partition coefficient (Wildman–Crippen LogP) is 4.84. The van der Waals surface area contributed by atoms with E-state index in [1.807, 2.05) is 13.8 Å². The van der Waals surface area contributed by atoms with Crippen molar-refractivity contribution < 1.29 is 19.1 Å². The van der Waals surface area contributed by atoms with Crippen molar-refractivity contribution in [1.29, 1.82) is 0 Å². The molecule has 0 N–H and O–H groups in total. The fraction of sp³-hybridized carbons (Fsp3) is 0.875. The first-order chi connectivity index (χ1) is 10.4. The Hall–Kier alpha value is 0.400. The highest BCUT2D eigenvalue weighted by Gasteiger charge is 2.07. The molecular weight excluding hydrogens is 510 g/mol. The van der Waals surface area contributed by atoms with E-state index in [0.717, 1.165) is 38.5 Å². The van der Waals surface area contributed by atoms with Gasteiger partial charge in [-0.2, -0.15) is 0 Å². The number of rotatable bonds is 13. The normalized spacial score (nSPS) is 13.5. The van der Waals surface area contributed by atoms with Gasteiger partial charge in [0.15, 0.2) is 0 Å². The zero-order chi connectivity index (χ0) is 16.8. The molecule has 0 aliphatic heterocycles. The van der Waals surface area contributed by atoms with Gasteiger partial charge in [0, 0.05) is 7.85 Å². The molecule has 22 heavy (non-hydrogen) atoms. The first-order valence-corrected chi connectivity index (χ1v) is 10.5. The smallest absolute Gasteiger partial charge is 0.306 e. The van der Waals surface area contributed by atoms with E-state index in [1.165, 1.54) is 0 Å². The van der Waals surface area contributed by atoms with Crippen LogP contribution < -0.4 is 0 Å². The van der Waals surface area contributed by atoms with E-state index in [0.29, 0.717) is 33.9 Å². The molecule has 4 nitrogen and oxygen atoms in total. The number of hydrogen-bond acceptors (Lipinski definition) is 4. The molecule has 0 aromatic carbocycles. The Balaban J connectivity index is 3.24. The third-order valence-electron chi connectivity index (χ3n) is 2.96. The van der Waals surface area contributed by atoms with E-state index in [1.54, 1.807) is 0 Å². The molecular formula is C16H28I2O4. The van der Waals surface area contributed by atoms with Gasteiger partial charge in [-0.3, -0.25) is 9.59 Å². The quantitative estimate of drug-likeness (QED) is 0.146. The molecule has 130 valence electrons. The van der Waals surface area contributed by atoms with Crippen LogP contribution in [-0.2, 0) is 19.1 Å². The average molecular weight is 538 g/mol. The summed E-state index contributed by atoms with van der Waals surface area (Å²) >= 11 is 4.45. The lowest BCUT2D eigenvalue weighted by Crippen LogP contribution is -2.10. The fourth-order valence-electron chi connectivity index (χ4n) is 1.86.